The normalized spacial score (nSPS) is 12.2. The number of hydrogen-bond donors (Lipinski definition) is 0. The summed E-state index contributed by atoms with van der Waals surface area (Å²) in [4.78, 5) is 0. The van der Waals surface area contributed by atoms with Gasteiger partial charge in [-0.15, -0.1) is 11.3 Å². The summed E-state index contributed by atoms with van der Waals surface area (Å²) in [5.74, 6) is 0. The average molecular weight is 692 g/mol. The number of fused-ring (bicyclic) bond motifs is 12. The first-order valence-corrected chi connectivity index (χ1v) is 18.9. The fraction of sp³-hybridized carbons (Fsp3) is 0. The smallest absolute Gasteiger partial charge is 0.136 e. The fourth-order valence-electron chi connectivity index (χ4n) is 8.70. The second-order valence-corrected chi connectivity index (χ2v) is 15.2. The Morgan fingerprint density at radius 1 is 0.377 bits per heavy atom. The minimum absolute atomic E-state index is 0.919. The van der Waals surface area contributed by atoms with Crippen molar-refractivity contribution in [3.8, 4) is 27.9 Å². The lowest BCUT2D eigenvalue weighted by Gasteiger charge is -2.10. The van der Waals surface area contributed by atoms with Crippen LogP contribution in [-0.4, -0.2) is 4.57 Å². The first kappa shape index (κ1) is 29.0. The molecular formula is C50H29NOS. The standard InChI is InChI=1S/C50H29NOS/c1-2-10-36-30(8-1)9-7-13-37(36)34-20-25-49-43(28-34)42-27-33(19-24-48(42)53-49)32-17-22-45-41(26-32)38-11-3-5-14-44(38)51(45)35-21-16-31-18-23-47-50(40(31)29-35)39-12-4-6-15-46(39)52-47/h1-29H. The number of aromatic nitrogens is 1. The largest absolute Gasteiger partial charge is 0.456 e. The van der Waals surface area contributed by atoms with E-state index in [0.29, 0.717) is 0 Å². The van der Waals surface area contributed by atoms with Crippen molar-refractivity contribution in [3.63, 3.8) is 0 Å². The average Bonchev–Trinajstić information content (AvgIpc) is 3.89. The molecule has 0 radical (unpaired) electrons. The maximum atomic E-state index is 6.27. The molecular weight excluding hydrogens is 663 g/mol. The number of thiophene rings is 1. The van der Waals surface area contributed by atoms with E-state index in [4.69, 9.17) is 4.42 Å². The molecule has 0 saturated heterocycles. The molecule has 0 unspecified atom stereocenters. The number of furan rings is 1. The summed E-state index contributed by atoms with van der Waals surface area (Å²) in [5.41, 5.74) is 10.3. The number of rotatable bonds is 3. The summed E-state index contributed by atoms with van der Waals surface area (Å²) in [6.07, 6.45) is 0. The lowest BCUT2D eigenvalue weighted by molar-refractivity contribution is 0.669. The predicted octanol–water partition coefficient (Wildman–Crippen LogP) is 14.7. The number of hydrogen-bond acceptors (Lipinski definition) is 2. The van der Waals surface area contributed by atoms with E-state index in [1.165, 1.54) is 91.2 Å². The van der Waals surface area contributed by atoms with Gasteiger partial charge in [-0.25, -0.2) is 0 Å². The zero-order chi connectivity index (χ0) is 34.6. The summed E-state index contributed by atoms with van der Waals surface area (Å²) in [6, 6.07) is 64.4. The van der Waals surface area contributed by atoms with Crippen LogP contribution in [0.15, 0.2) is 180 Å². The molecule has 0 aliphatic rings. The van der Waals surface area contributed by atoms with Crippen LogP contribution in [0.25, 0.3) is 113 Å². The Balaban J connectivity index is 1.02. The van der Waals surface area contributed by atoms with Crippen LogP contribution < -0.4 is 0 Å². The van der Waals surface area contributed by atoms with Gasteiger partial charge in [-0.05, 0) is 111 Å². The van der Waals surface area contributed by atoms with Gasteiger partial charge in [0, 0.05) is 47.4 Å². The molecule has 3 heterocycles. The molecule has 12 rings (SSSR count). The molecule has 0 atom stereocenters. The van der Waals surface area contributed by atoms with Crippen molar-refractivity contribution in [1.82, 2.24) is 4.57 Å². The van der Waals surface area contributed by atoms with Gasteiger partial charge in [-0.2, -0.15) is 0 Å². The maximum absolute atomic E-state index is 6.27. The van der Waals surface area contributed by atoms with E-state index in [9.17, 15) is 0 Å². The topological polar surface area (TPSA) is 18.1 Å². The van der Waals surface area contributed by atoms with E-state index in [-0.39, 0.29) is 0 Å². The van der Waals surface area contributed by atoms with Gasteiger partial charge in [0.1, 0.15) is 11.2 Å². The van der Waals surface area contributed by atoms with Gasteiger partial charge in [0.05, 0.1) is 11.0 Å². The first-order chi connectivity index (χ1) is 26.2. The summed E-state index contributed by atoms with van der Waals surface area (Å²) < 4.78 is 11.3. The van der Waals surface area contributed by atoms with Crippen molar-refractivity contribution in [1.29, 1.82) is 0 Å². The van der Waals surface area contributed by atoms with E-state index < -0.39 is 0 Å². The van der Waals surface area contributed by atoms with Crippen LogP contribution in [0.5, 0.6) is 0 Å². The molecule has 0 saturated carbocycles. The molecule has 9 aromatic carbocycles. The maximum Gasteiger partial charge on any atom is 0.136 e. The summed E-state index contributed by atoms with van der Waals surface area (Å²) >= 11 is 1.87. The van der Waals surface area contributed by atoms with Gasteiger partial charge in [0.2, 0.25) is 0 Å². The lowest BCUT2D eigenvalue weighted by Crippen LogP contribution is -1.94. The molecule has 3 heteroatoms. The van der Waals surface area contributed by atoms with Crippen LogP contribution in [-0.2, 0) is 0 Å². The highest BCUT2D eigenvalue weighted by atomic mass is 32.1. The van der Waals surface area contributed by atoms with Crippen molar-refractivity contribution in [2.45, 2.75) is 0 Å². The Hall–Kier alpha value is -6.68. The summed E-state index contributed by atoms with van der Waals surface area (Å²) in [7, 11) is 0. The van der Waals surface area contributed by atoms with E-state index in [0.717, 1.165) is 22.2 Å². The van der Waals surface area contributed by atoms with Crippen LogP contribution in [0.1, 0.15) is 0 Å². The molecule has 0 fully saturated rings. The monoisotopic (exact) mass is 691 g/mol. The molecule has 0 amide bonds. The number of benzene rings is 9. The van der Waals surface area contributed by atoms with Gasteiger partial charge in [-0.1, -0.05) is 109 Å². The molecule has 0 spiro atoms. The Morgan fingerprint density at radius 2 is 1.02 bits per heavy atom. The van der Waals surface area contributed by atoms with Crippen LogP contribution in [0.2, 0.25) is 0 Å². The molecule has 53 heavy (non-hydrogen) atoms. The highest BCUT2D eigenvalue weighted by molar-refractivity contribution is 7.25. The SMILES string of the molecule is c1ccc2c(-c3ccc4sc5ccc(-c6ccc7c(c6)c6ccccc6n7-c6ccc7ccc8oc9ccccc9c8c7c6)cc5c4c3)cccc2c1. The Kier molecular flexibility index (Phi) is 5.96. The van der Waals surface area contributed by atoms with Crippen molar-refractivity contribution in [2.24, 2.45) is 0 Å². The van der Waals surface area contributed by atoms with Crippen LogP contribution >= 0.6 is 11.3 Å². The zero-order valence-electron chi connectivity index (χ0n) is 28.5. The van der Waals surface area contributed by atoms with Crippen LogP contribution in [0.4, 0.5) is 0 Å². The van der Waals surface area contributed by atoms with E-state index >= 15 is 0 Å². The second-order valence-electron chi connectivity index (χ2n) is 14.1. The van der Waals surface area contributed by atoms with Crippen molar-refractivity contribution in [3.05, 3.63) is 176 Å². The molecule has 3 aromatic heterocycles. The molecule has 0 N–H and O–H groups in total. The third-order valence-corrected chi connectivity index (χ3v) is 12.3. The van der Waals surface area contributed by atoms with Gasteiger partial charge < -0.3 is 8.98 Å². The Bertz CT molecular complexity index is 3460. The molecule has 2 nitrogen and oxygen atoms in total. The summed E-state index contributed by atoms with van der Waals surface area (Å²) in [6.45, 7) is 0. The van der Waals surface area contributed by atoms with Crippen LogP contribution in [0, 0.1) is 0 Å². The minimum atomic E-state index is 0.919. The molecule has 246 valence electrons. The predicted molar refractivity (Wildman–Crippen MR) is 227 cm³/mol. The van der Waals surface area contributed by atoms with E-state index in [1.54, 1.807) is 0 Å². The molecule has 0 aliphatic carbocycles. The molecule has 0 bridgehead atoms. The van der Waals surface area contributed by atoms with Crippen molar-refractivity contribution in [2.75, 3.05) is 0 Å². The summed E-state index contributed by atoms with van der Waals surface area (Å²) in [5, 5.41) is 12.4. The quantitative estimate of drug-likeness (QED) is 0.180. The number of nitrogens with zero attached hydrogens (tertiary/aromatic N) is 1. The Morgan fingerprint density at radius 3 is 1.91 bits per heavy atom. The van der Waals surface area contributed by atoms with Gasteiger partial charge in [-0.3, -0.25) is 0 Å². The zero-order valence-corrected chi connectivity index (χ0v) is 29.3. The number of para-hydroxylation sites is 2. The molecule has 12 aromatic rings. The highest BCUT2D eigenvalue weighted by Gasteiger charge is 2.17. The minimum Gasteiger partial charge on any atom is -0.456 e. The molecule has 0 aliphatic heterocycles. The van der Waals surface area contributed by atoms with Gasteiger partial charge in [0.25, 0.3) is 0 Å². The third-order valence-electron chi connectivity index (χ3n) is 11.2. The first-order valence-electron chi connectivity index (χ1n) is 18.1. The van der Waals surface area contributed by atoms with Crippen molar-refractivity contribution >= 4 is 96.8 Å². The Labute approximate surface area is 308 Å². The third kappa shape index (κ3) is 4.26. The second kappa shape index (κ2) is 10.9. The van der Waals surface area contributed by atoms with Gasteiger partial charge in [0.15, 0.2) is 0 Å². The lowest BCUT2D eigenvalue weighted by atomic mass is 9.96. The van der Waals surface area contributed by atoms with Crippen molar-refractivity contribution < 1.29 is 4.42 Å². The van der Waals surface area contributed by atoms with E-state index in [2.05, 4.69) is 174 Å². The highest BCUT2D eigenvalue weighted by Crippen LogP contribution is 2.42. The van der Waals surface area contributed by atoms with Gasteiger partial charge >= 0.3 is 0 Å². The fourth-order valence-corrected chi connectivity index (χ4v) is 9.77. The van der Waals surface area contributed by atoms with E-state index in [1.807, 2.05) is 17.4 Å². The van der Waals surface area contributed by atoms with Crippen LogP contribution in [0.3, 0.4) is 0 Å².